The standard InChI is InChI=1S/C18H28N2OS/c1-16-7-13-8-17(2,10-16)12-18(9-13,11-16)14(21)19-15(22)20-5-3-4-6-20/h13H,3-12H2,1-2H3,(H,19,21,22). The van der Waals surface area contributed by atoms with Gasteiger partial charge in [-0.15, -0.1) is 0 Å². The molecule has 22 heavy (non-hydrogen) atoms. The predicted molar refractivity (Wildman–Crippen MR) is 91.4 cm³/mol. The van der Waals surface area contributed by atoms with Crippen molar-refractivity contribution in [3.05, 3.63) is 0 Å². The molecule has 5 fully saturated rings. The molecule has 1 aliphatic heterocycles. The zero-order chi connectivity index (χ0) is 15.6. The van der Waals surface area contributed by atoms with Crippen LogP contribution in [-0.2, 0) is 4.79 Å². The van der Waals surface area contributed by atoms with Crippen LogP contribution in [0, 0.1) is 22.2 Å². The lowest BCUT2D eigenvalue weighted by Gasteiger charge is -2.64. The molecule has 0 aromatic carbocycles. The zero-order valence-electron chi connectivity index (χ0n) is 13.9. The minimum Gasteiger partial charge on any atom is -0.349 e. The summed E-state index contributed by atoms with van der Waals surface area (Å²) in [5.74, 6) is 0.975. The van der Waals surface area contributed by atoms with Crippen LogP contribution in [0.3, 0.4) is 0 Å². The normalized spacial score (nSPS) is 46.1. The lowest BCUT2D eigenvalue weighted by Crippen LogP contribution is -2.61. The molecule has 0 spiro atoms. The van der Waals surface area contributed by atoms with Gasteiger partial charge in [0.1, 0.15) is 0 Å². The Balaban J connectivity index is 1.53. The van der Waals surface area contributed by atoms with E-state index in [1.807, 2.05) is 0 Å². The predicted octanol–water partition coefficient (Wildman–Crippen LogP) is 3.48. The summed E-state index contributed by atoms with van der Waals surface area (Å²) in [6.45, 7) is 6.83. The van der Waals surface area contributed by atoms with Crippen LogP contribution in [0.5, 0.6) is 0 Å². The van der Waals surface area contributed by atoms with Crippen molar-refractivity contribution >= 4 is 23.2 Å². The van der Waals surface area contributed by atoms with Crippen molar-refractivity contribution in [2.45, 2.75) is 65.2 Å². The van der Waals surface area contributed by atoms with Gasteiger partial charge in [-0.25, -0.2) is 0 Å². The fraction of sp³-hybridized carbons (Fsp3) is 0.889. The molecule has 3 nitrogen and oxygen atoms in total. The fourth-order valence-corrected chi connectivity index (χ4v) is 7.21. The van der Waals surface area contributed by atoms with Gasteiger partial charge in [0, 0.05) is 13.1 Å². The van der Waals surface area contributed by atoms with Crippen molar-refractivity contribution in [1.82, 2.24) is 10.2 Å². The molecule has 1 saturated heterocycles. The van der Waals surface area contributed by atoms with E-state index in [-0.39, 0.29) is 11.3 Å². The van der Waals surface area contributed by atoms with Crippen LogP contribution in [0.1, 0.15) is 65.2 Å². The third kappa shape index (κ3) is 2.29. The second kappa shape index (κ2) is 4.68. The second-order valence-corrected chi connectivity index (χ2v) is 9.75. The monoisotopic (exact) mass is 320 g/mol. The Morgan fingerprint density at radius 2 is 1.64 bits per heavy atom. The summed E-state index contributed by atoms with van der Waals surface area (Å²) in [6, 6.07) is 0. The first-order valence-electron chi connectivity index (χ1n) is 8.92. The van der Waals surface area contributed by atoms with E-state index in [0.29, 0.717) is 15.9 Å². The fourth-order valence-electron chi connectivity index (χ4n) is 6.93. The molecule has 4 saturated carbocycles. The smallest absolute Gasteiger partial charge is 0.232 e. The first kappa shape index (κ1) is 14.9. The zero-order valence-corrected chi connectivity index (χ0v) is 14.7. The molecule has 2 unspecified atom stereocenters. The maximum atomic E-state index is 13.1. The topological polar surface area (TPSA) is 32.3 Å². The highest BCUT2D eigenvalue weighted by atomic mass is 32.1. The van der Waals surface area contributed by atoms with Crippen LogP contribution in [0.15, 0.2) is 0 Å². The van der Waals surface area contributed by atoms with Gasteiger partial charge in [0.15, 0.2) is 5.11 Å². The molecule has 1 N–H and O–H groups in total. The first-order chi connectivity index (χ1) is 10.3. The number of hydrogen-bond donors (Lipinski definition) is 1. The molecule has 0 aromatic heterocycles. The molecular weight excluding hydrogens is 292 g/mol. The van der Waals surface area contributed by atoms with Crippen LogP contribution >= 0.6 is 12.2 Å². The Morgan fingerprint density at radius 1 is 1.05 bits per heavy atom. The number of carbonyl (C=O) groups excluding carboxylic acids is 1. The van der Waals surface area contributed by atoms with Crippen LogP contribution in [0.2, 0.25) is 0 Å². The van der Waals surface area contributed by atoms with Gasteiger partial charge in [0.05, 0.1) is 5.41 Å². The molecule has 0 aromatic rings. The molecule has 4 bridgehead atoms. The van der Waals surface area contributed by atoms with Crippen LogP contribution in [0.25, 0.3) is 0 Å². The molecule has 4 heteroatoms. The summed E-state index contributed by atoms with van der Waals surface area (Å²) in [7, 11) is 0. The largest absolute Gasteiger partial charge is 0.349 e. The van der Waals surface area contributed by atoms with E-state index in [9.17, 15) is 4.79 Å². The second-order valence-electron chi connectivity index (χ2n) is 9.36. The molecule has 4 aliphatic carbocycles. The summed E-state index contributed by atoms with van der Waals surface area (Å²) in [4.78, 5) is 15.3. The van der Waals surface area contributed by atoms with Gasteiger partial charge in [-0.2, -0.15) is 0 Å². The Kier molecular flexibility index (Phi) is 3.18. The van der Waals surface area contributed by atoms with E-state index in [1.54, 1.807) is 0 Å². The Hall–Kier alpha value is -0.640. The maximum Gasteiger partial charge on any atom is 0.232 e. The van der Waals surface area contributed by atoms with E-state index in [1.165, 1.54) is 32.1 Å². The van der Waals surface area contributed by atoms with Crippen molar-refractivity contribution in [2.75, 3.05) is 13.1 Å². The van der Waals surface area contributed by atoms with E-state index in [4.69, 9.17) is 12.2 Å². The minimum atomic E-state index is -0.146. The Bertz CT molecular complexity index is 507. The van der Waals surface area contributed by atoms with E-state index >= 15 is 0 Å². The van der Waals surface area contributed by atoms with E-state index < -0.39 is 0 Å². The van der Waals surface area contributed by atoms with Crippen LogP contribution in [-0.4, -0.2) is 29.0 Å². The number of hydrogen-bond acceptors (Lipinski definition) is 2. The average molecular weight is 321 g/mol. The van der Waals surface area contributed by atoms with Gasteiger partial charge < -0.3 is 10.2 Å². The Labute approximate surface area is 139 Å². The first-order valence-corrected chi connectivity index (χ1v) is 9.33. The lowest BCUT2D eigenvalue weighted by molar-refractivity contribution is -0.168. The number of likely N-dealkylation sites (tertiary alicyclic amines) is 1. The van der Waals surface area contributed by atoms with Gasteiger partial charge in [-0.1, -0.05) is 13.8 Å². The summed E-state index contributed by atoms with van der Waals surface area (Å²) in [5, 5.41) is 3.81. The maximum absolute atomic E-state index is 13.1. The summed E-state index contributed by atoms with van der Waals surface area (Å²) < 4.78 is 0. The van der Waals surface area contributed by atoms with Crippen molar-refractivity contribution in [2.24, 2.45) is 22.2 Å². The number of rotatable bonds is 1. The van der Waals surface area contributed by atoms with Gasteiger partial charge >= 0.3 is 0 Å². The third-order valence-electron chi connectivity index (χ3n) is 6.72. The molecule has 1 heterocycles. The third-order valence-corrected chi connectivity index (χ3v) is 7.08. The summed E-state index contributed by atoms with van der Waals surface area (Å²) in [5.41, 5.74) is 0.605. The number of carbonyl (C=O) groups is 1. The van der Waals surface area contributed by atoms with Crippen molar-refractivity contribution in [1.29, 1.82) is 0 Å². The highest BCUT2D eigenvalue weighted by molar-refractivity contribution is 7.80. The summed E-state index contributed by atoms with van der Waals surface area (Å²) in [6.07, 6.45) is 9.58. The molecular formula is C18H28N2OS. The van der Waals surface area contributed by atoms with Crippen molar-refractivity contribution in [3.8, 4) is 0 Å². The molecule has 5 aliphatic rings. The van der Waals surface area contributed by atoms with Crippen LogP contribution < -0.4 is 5.32 Å². The molecule has 2 atom stereocenters. The molecule has 1 amide bonds. The van der Waals surface area contributed by atoms with Gasteiger partial charge in [-0.05, 0) is 80.3 Å². The average Bonchev–Trinajstić information content (AvgIpc) is 2.87. The van der Waals surface area contributed by atoms with Crippen molar-refractivity contribution in [3.63, 3.8) is 0 Å². The highest BCUT2D eigenvalue weighted by Crippen LogP contribution is 2.69. The van der Waals surface area contributed by atoms with Gasteiger partial charge in [-0.3, -0.25) is 4.79 Å². The van der Waals surface area contributed by atoms with Crippen molar-refractivity contribution < 1.29 is 4.79 Å². The van der Waals surface area contributed by atoms with Gasteiger partial charge in [0.25, 0.3) is 0 Å². The minimum absolute atomic E-state index is 0.146. The number of nitrogens with one attached hydrogen (secondary N) is 1. The lowest BCUT2D eigenvalue weighted by atomic mass is 9.40. The highest BCUT2D eigenvalue weighted by Gasteiger charge is 2.62. The number of amides is 1. The molecule has 0 radical (unpaired) electrons. The SMILES string of the molecule is CC12CC3CC(C)(C1)CC(C(=O)NC(=S)N1CCCC1)(C3)C2. The molecule has 122 valence electrons. The quantitative estimate of drug-likeness (QED) is 0.751. The van der Waals surface area contributed by atoms with Gasteiger partial charge in [0.2, 0.25) is 5.91 Å². The number of thiocarbonyl (C=S) groups is 1. The molecule has 5 rings (SSSR count). The Morgan fingerprint density at radius 3 is 2.18 bits per heavy atom. The summed E-state index contributed by atoms with van der Waals surface area (Å²) >= 11 is 5.49. The number of nitrogens with zero attached hydrogens (tertiary/aromatic N) is 1. The van der Waals surface area contributed by atoms with E-state index in [2.05, 4.69) is 24.1 Å². The van der Waals surface area contributed by atoms with Crippen LogP contribution in [0.4, 0.5) is 0 Å². The van der Waals surface area contributed by atoms with E-state index in [0.717, 1.165) is 38.3 Å².